The maximum atomic E-state index is 13.1. The molecule has 1 unspecified atom stereocenters. The molecule has 11 heteroatoms. The molecule has 0 saturated carbocycles. The summed E-state index contributed by atoms with van der Waals surface area (Å²) in [4.78, 5) is 50.7. The fourth-order valence-electron chi connectivity index (χ4n) is 3.56. The highest BCUT2D eigenvalue weighted by atomic mass is 35.5. The lowest BCUT2D eigenvalue weighted by molar-refractivity contribution is -0.153. The lowest BCUT2D eigenvalue weighted by Gasteiger charge is -2.34. The Morgan fingerprint density at radius 1 is 1.22 bits per heavy atom. The van der Waals surface area contributed by atoms with Crippen molar-refractivity contribution in [1.29, 1.82) is 0 Å². The number of halogens is 2. The Bertz CT molecular complexity index is 936. The second kappa shape index (κ2) is 14.2. The summed E-state index contributed by atoms with van der Waals surface area (Å²) < 4.78 is 3.92. The number of allylic oxidation sites excluding steroid dienone is 1. The van der Waals surface area contributed by atoms with Gasteiger partial charge in [-0.2, -0.15) is 0 Å². The summed E-state index contributed by atoms with van der Waals surface area (Å²) in [6.45, 7) is 5.04. The maximum absolute atomic E-state index is 13.1. The number of ether oxygens (including phenoxy) is 1. The van der Waals surface area contributed by atoms with Gasteiger partial charge in [-0.05, 0) is 39.2 Å². The standard InChI is InChI=1S/C25H34Cl2N4O5/c1-4-5-13-21(32)29-20(15-18-10-7-6-8-11-18)22(33)28-17(2)23(34)31-14-9-12-19(30-31)24(35)36-16-25(3,26)27/h4-8,10-11,17,19-20,30H,9,12-16H2,1-3H3,(H,28,33)(H,29,32)/b5-4+/t17-,19-,20?/m0/s1. The van der Waals surface area contributed by atoms with Crippen LogP contribution < -0.4 is 16.1 Å². The first-order valence-corrected chi connectivity index (χ1v) is 12.6. The molecule has 198 valence electrons. The van der Waals surface area contributed by atoms with Crippen LogP contribution >= 0.6 is 23.2 Å². The number of benzene rings is 1. The molecule has 1 aromatic rings. The summed E-state index contributed by atoms with van der Waals surface area (Å²) >= 11 is 11.7. The largest absolute Gasteiger partial charge is 0.461 e. The molecule has 1 heterocycles. The van der Waals surface area contributed by atoms with Gasteiger partial charge in [0, 0.05) is 19.4 Å². The van der Waals surface area contributed by atoms with Crippen LogP contribution in [0.3, 0.4) is 0 Å². The van der Waals surface area contributed by atoms with Crippen LogP contribution in [0.2, 0.25) is 0 Å². The van der Waals surface area contributed by atoms with Gasteiger partial charge >= 0.3 is 5.97 Å². The van der Waals surface area contributed by atoms with Gasteiger partial charge < -0.3 is 15.4 Å². The molecule has 0 aromatic heterocycles. The number of alkyl halides is 2. The van der Waals surface area contributed by atoms with Gasteiger partial charge in [-0.25, -0.2) is 5.43 Å². The average molecular weight is 541 g/mol. The van der Waals surface area contributed by atoms with E-state index >= 15 is 0 Å². The van der Waals surface area contributed by atoms with E-state index in [9.17, 15) is 19.2 Å². The summed E-state index contributed by atoms with van der Waals surface area (Å²) in [6, 6.07) is 6.78. The number of carbonyl (C=O) groups is 4. The molecule has 1 saturated heterocycles. The minimum Gasteiger partial charge on any atom is -0.461 e. The molecule has 1 aliphatic rings. The van der Waals surface area contributed by atoms with E-state index in [0.29, 0.717) is 19.4 Å². The number of amides is 3. The highest BCUT2D eigenvalue weighted by molar-refractivity contribution is 6.48. The zero-order valence-corrected chi connectivity index (χ0v) is 22.3. The van der Waals surface area contributed by atoms with E-state index in [1.54, 1.807) is 26.0 Å². The van der Waals surface area contributed by atoms with Gasteiger partial charge in [0.25, 0.3) is 5.91 Å². The summed E-state index contributed by atoms with van der Waals surface area (Å²) in [5.74, 6) is -1.76. The Morgan fingerprint density at radius 3 is 2.56 bits per heavy atom. The Balaban J connectivity index is 2.00. The second-order valence-electron chi connectivity index (χ2n) is 8.80. The van der Waals surface area contributed by atoms with Gasteiger partial charge in [-0.3, -0.25) is 24.2 Å². The van der Waals surface area contributed by atoms with Crippen molar-refractivity contribution in [2.24, 2.45) is 0 Å². The van der Waals surface area contributed by atoms with Crippen molar-refractivity contribution in [1.82, 2.24) is 21.1 Å². The van der Waals surface area contributed by atoms with Crippen LogP contribution in [0.4, 0.5) is 0 Å². The molecule has 1 aromatic carbocycles. The van der Waals surface area contributed by atoms with Crippen LogP contribution in [-0.2, 0) is 30.3 Å². The van der Waals surface area contributed by atoms with Gasteiger partial charge in [-0.1, -0.05) is 65.7 Å². The Morgan fingerprint density at radius 2 is 1.92 bits per heavy atom. The molecule has 1 fully saturated rings. The third-order valence-electron chi connectivity index (χ3n) is 5.41. The first-order chi connectivity index (χ1) is 17.0. The monoisotopic (exact) mass is 540 g/mol. The fraction of sp³-hybridized carbons (Fsp3) is 0.520. The quantitative estimate of drug-likeness (QED) is 0.225. The molecule has 3 atom stereocenters. The van der Waals surface area contributed by atoms with Gasteiger partial charge in [0.1, 0.15) is 29.1 Å². The molecule has 36 heavy (non-hydrogen) atoms. The number of hydrogen-bond donors (Lipinski definition) is 3. The normalized spacial score (nSPS) is 17.8. The summed E-state index contributed by atoms with van der Waals surface area (Å²) in [5.41, 5.74) is 3.73. The van der Waals surface area contributed by atoms with E-state index in [0.717, 1.165) is 5.56 Å². The summed E-state index contributed by atoms with van der Waals surface area (Å²) in [6.07, 6.45) is 4.91. The third kappa shape index (κ3) is 10.2. The molecule has 1 aliphatic heterocycles. The van der Waals surface area contributed by atoms with Crippen molar-refractivity contribution >= 4 is 46.9 Å². The fourth-order valence-corrected chi connectivity index (χ4v) is 3.67. The van der Waals surface area contributed by atoms with Gasteiger partial charge in [0.15, 0.2) is 0 Å². The minimum absolute atomic E-state index is 0.144. The highest BCUT2D eigenvalue weighted by Crippen LogP contribution is 2.20. The Hall–Kier alpha value is -2.62. The summed E-state index contributed by atoms with van der Waals surface area (Å²) in [7, 11) is 0. The summed E-state index contributed by atoms with van der Waals surface area (Å²) in [5, 5.41) is 6.74. The molecule has 0 spiro atoms. The average Bonchev–Trinajstić information content (AvgIpc) is 2.85. The molecule has 0 bridgehead atoms. The van der Waals surface area contributed by atoms with Gasteiger partial charge in [0.2, 0.25) is 11.8 Å². The Labute approximate surface area is 221 Å². The van der Waals surface area contributed by atoms with Crippen LogP contribution in [0.15, 0.2) is 42.5 Å². The van der Waals surface area contributed by atoms with E-state index < -0.39 is 40.2 Å². The zero-order chi connectivity index (χ0) is 26.7. The highest BCUT2D eigenvalue weighted by Gasteiger charge is 2.33. The smallest absolute Gasteiger partial charge is 0.325 e. The lowest BCUT2D eigenvalue weighted by Crippen LogP contribution is -2.60. The van der Waals surface area contributed by atoms with Crippen molar-refractivity contribution in [2.45, 2.75) is 68.9 Å². The first kappa shape index (κ1) is 29.6. The lowest BCUT2D eigenvalue weighted by atomic mass is 10.0. The number of rotatable bonds is 11. The van der Waals surface area contributed by atoms with Crippen molar-refractivity contribution < 1.29 is 23.9 Å². The predicted octanol–water partition coefficient (Wildman–Crippen LogP) is 2.42. The number of hydrogen-bond acceptors (Lipinski definition) is 6. The first-order valence-electron chi connectivity index (χ1n) is 11.9. The SMILES string of the molecule is C/C=C/CC(=O)NC(Cc1ccccc1)C(=O)N[C@@H](C)C(=O)N1CCC[C@@H](C(=O)OCC(C)(Cl)Cl)N1. The number of hydrazine groups is 1. The third-order valence-corrected chi connectivity index (χ3v) is 5.63. The maximum Gasteiger partial charge on any atom is 0.325 e. The van der Waals surface area contributed by atoms with E-state index in [2.05, 4.69) is 16.1 Å². The molecule has 0 radical (unpaired) electrons. The topological polar surface area (TPSA) is 117 Å². The number of carbonyl (C=O) groups excluding carboxylic acids is 4. The van der Waals surface area contributed by atoms with E-state index in [1.807, 2.05) is 30.3 Å². The Kier molecular flexibility index (Phi) is 11.7. The zero-order valence-electron chi connectivity index (χ0n) is 20.8. The van der Waals surface area contributed by atoms with Crippen molar-refractivity contribution in [2.75, 3.05) is 13.2 Å². The van der Waals surface area contributed by atoms with Crippen LogP contribution in [0.25, 0.3) is 0 Å². The van der Waals surface area contributed by atoms with Crippen LogP contribution in [0, 0.1) is 0 Å². The van der Waals surface area contributed by atoms with Crippen molar-refractivity contribution in [3.8, 4) is 0 Å². The molecule has 0 aliphatic carbocycles. The molecular weight excluding hydrogens is 507 g/mol. The second-order valence-corrected chi connectivity index (χ2v) is 10.7. The van der Waals surface area contributed by atoms with E-state index in [-0.39, 0.29) is 25.4 Å². The van der Waals surface area contributed by atoms with Gasteiger partial charge in [0.05, 0.1) is 0 Å². The van der Waals surface area contributed by atoms with Crippen LogP contribution in [0.5, 0.6) is 0 Å². The van der Waals surface area contributed by atoms with Crippen LogP contribution in [-0.4, -0.2) is 64.3 Å². The van der Waals surface area contributed by atoms with E-state index in [4.69, 9.17) is 27.9 Å². The van der Waals surface area contributed by atoms with Crippen molar-refractivity contribution in [3.05, 3.63) is 48.0 Å². The van der Waals surface area contributed by atoms with Crippen LogP contribution in [0.1, 0.15) is 45.6 Å². The molecule has 3 amide bonds. The molecule has 3 N–H and O–H groups in total. The number of esters is 1. The molecular formula is C25H34Cl2N4O5. The van der Waals surface area contributed by atoms with Crippen molar-refractivity contribution in [3.63, 3.8) is 0 Å². The minimum atomic E-state index is -1.21. The molecule has 9 nitrogen and oxygen atoms in total. The number of nitrogens with zero attached hydrogens (tertiary/aromatic N) is 1. The number of nitrogens with one attached hydrogen (secondary N) is 3. The predicted molar refractivity (Wildman–Crippen MR) is 138 cm³/mol. The van der Waals surface area contributed by atoms with E-state index in [1.165, 1.54) is 11.9 Å². The van der Waals surface area contributed by atoms with Gasteiger partial charge in [-0.15, -0.1) is 0 Å². The molecule has 2 rings (SSSR count).